The zero-order valence-corrected chi connectivity index (χ0v) is 13.0. The Morgan fingerprint density at radius 3 is 2.48 bits per heavy atom. The number of anilines is 3. The third-order valence-electron chi connectivity index (χ3n) is 3.91. The van der Waals surface area contributed by atoms with E-state index in [2.05, 4.69) is 20.1 Å². The van der Waals surface area contributed by atoms with E-state index in [9.17, 15) is 4.79 Å². The van der Waals surface area contributed by atoms with Gasteiger partial charge in [-0.05, 0) is 36.4 Å². The summed E-state index contributed by atoms with van der Waals surface area (Å²) in [6.07, 6.45) is 1.81. The Morgan fingerprint density at radius 2 is 1.83 bits per heavy atom. The van der Waals surface area contributed by atoms with Gasteiger partial charge in [0.25, 0.3) is 0 Å². The van der Waals surface area contributed by atoms with Gasteiger partial charge in [-0.1, -0.05) is 6.07 Å². The summed E-state index contributed by atoms with van der Waals surface area (Å²) >= 11 is 0. The number of nitrogens with zero attached hydrogens (tertiary/aromatic N) is 3. The third-order valence-corrected chi connectivity index (χ3v) is 3.91. The minimum absolute atomic E-state index is 0.000979. The minimum Gasteiger partial charge on any atom is -0.399 e. The number of pyridine rings is 1. The van der Waals surface area contributed by atoms with Crippen molar-refractivity contribution in [2.24, 2.45) is 0 Å². The van der Waals surface area contributed by atoms with Gasteiger partial charge in [-0.25, -0.2) is 4.98 Å². The largest absolute Gasteiger partial charge is 0.399 e. The lowest BCUT2D eigenvalue weighted by Crippen LogP contribution is -2.48. The van der Waals surface area contributed by atoms with E-state index in [4.69, 9.17) is 5.73 Å². The van der Waals surface area contributed by atoms with Gasteiger partial charge in [-0.3, -0.25) is 9.69 Å². The second kappa shape index (κ2) is 7.11. The smallest absolute Gasteiger partial charge is 0.238 e. The fourth-order valence-corrected chi connectivity index (χ4v) is 2.65. The summed E-state index contributed by atoms with van der Waals surface area (Å²) in [7, 11) is 0. The molecule has 1 saturated heterocycles. The molecule has 1 aromatic carbocycles. The van der Waals surface area contributed by atoms with Crippen molar-refractivity contribution in [3.63, 3.8) is 0 Å². The number of nitrogens with two attached hydrogens (primary N) is 1. The van der Waals surface area contributed by atoms with Gasteiger partial charge in [0.2, 0.25) is 5.91 Å². The standard InChI is InChI=1S/C17H21N5O/c18-14-4-6-15(7-5-14)20-17(23)13-21-9-11-22(12-10-21)16-3-1-2-8-19-16/h1-8H,9-13,18H2,(H,20,23). The fraction of sp³-hybridized carbons (Fsp3) is 0.294. The third kappa shape index (κ3) is 4.20. The molecule has 0 radical (unpaired) electrons. The number of nitrogens with one attached hydrogen (secondary N) is 1. The maximum absolute atomic E-state index is 12.1. The molecule has 1 fully saturated rings. The van der Waals surface area contributed by atoms with Crippen molar-refractivity contribution in [3.05, 3.63) is 48.7 Å². The van der Waals surface area contributed by atoms with E-state index in [1.807, 2.05) is 36.5 Å². The normalized spacial score (nSPS) is 15.4. The van der Waals surface area contributed by atoms with Gasteiger partial charge in [-0.15, -0.1) is 0 Å². The number of carbonyl (C=O) groups excluding carboxylic acids is 1. The van der Waals surface area contributed by atoms with Crippen LogP contribution in [0.4, 0.5) is 17.2 Å². The lowest BCUT2D eigenvalue weighted by Gasteiger charge is -2.34. The molecule has 120 valence electrons. The Hall–Kier alpha value is -2.60. The molecule has 1 aromatic heterocycles. The maximum atomic E-state index is 12.1. The highest BCUT2D eigenvalue weighted by molar-refractivity contribution is 5.92. The summed E-state index contributed by atoms with van der Waals surface area (Å²) in [6, 6.07) is 13.1. The van der Waals surface area contributed by atoms with E-state index in [1.54, 1.807) is 12.1 Å². The van der Waals surface area contributed by atoms with E-state index in [0.717, 1.165) is 37.7 Å². The summed E-state index contributed by atoms with van der Waals surface area (Å²) in [5.41, 5.74) is 7.10. The summed E-state index contributed by atoms with van der Waals surface area (Å²) in [6.45, 7) is 3.87. The summed E-state index contributed by atoms with van der Waals surface area (Å²) < 4.78 is 0. The number of hydrogen-bond acceptors (Lipinski definition) is 5. The second-order valence-electron chi connectivity index (χ2n) is 5.62. The van der Waals surface area contributed by atoms with Crippen LogP contribution in [0.5, 0.6) is 0 Å². The molecule has 23 heavy (non-hydrogen) atoms. The molecule has 2 aromatic rings. The van der Waals surface area contributed by atoms with Crippen LogP contribution in [0.3, 0.4) is 0 Å². The number of amides is 1. The molecule has 0 bridgehead atoms. The molecule has 0 atom stereocenters. The number of benzene rings is 1. The van der Waals surface area contributed by atoms with Gasteiger partial charge in [-0.2, -0.15) is 0 Å². The van der Waals surface area contributed by atoms with Crippen LogP contribution in [0.1, 0.15) is 0 Å². The molecule has 1 aliphatic heterocycles. The summed E-state index contributed by atoms with van der Waals surface area (Å²) in [4.78, 5) is 20.9. The molecule has 0 aliphatic carbocycles. The molecule has 2 heterocycles. The molecular weight excluding hydrogens is 290 g/mol. The Morgan fingerprint density at radius 1 is 1.09 bits per heavy atom. The number of rotatable bonds is 4. The van der Waals surface area contributed by atoms with E-state index < -0.39 is 0 Å². The molecule has 6 heteroatoms. The van der Waals surface area contributed by atoms with E-state index in [1.165, 1.54) is 0 Å². The van der Waals surface area contributed by atoms with Gasteiger partial charge < -0.3 is 16.0 Å². The van der Waals surface area contributed by atoms with Crippen LogP contribution in [0, 0.1) is 0 Å². The molecule has 0 spiro atoms. The Labute approximate surface area is 135 Å². The van der Waals surface area contributed by atoms with E-state index in [0.29, 0.717) is 12.2 Å². The molecule has 1 aliphatic rings. The maximum Gasteiger partial charge on any atom is 0.238 e. The van der Waals surface area contributed by atoms with Crippen LogP contribution in [0.25, 0.3) is 0 Å². The van der Waals surface area contributed by atoms with Crippen LogP contribution >= 0.6 is 0 Å². The van der Waals surface area contributed by atoms with Crippen LogP contribution in [-0.4, -0.2) is 48.5 Å². The summed E-state index contributed by atoms with van der Waals surface area (Å²) in [5.74, 6) is 1.000. The Balaban J connectivity index is 1.47. The molecular formula is C17H21N5O. The molecule has 1 amide bonds. The van der Waals surface area contributed by atoms with Crippen LogP contribution in [-0.2, 0) is 4.79 Å². The first-order valence-electron chi connectivity index (χ1n) is 7.74. The zero-order valence-electron chi connectivity index (χ0n) is 13.0. The van der Waals surface area contributed by atoms with E-state index in [-0.39, 0.29) is 5.91 Å². The van der Waals surface area contributed by atoms with E-state index >= 15 is 0 Å². The number of nitrogen functional groups attached to an aromatic ring is 1. The number of hydrogen-bond donors (Lipinski definition) is 2. The van der Waals surface area contributed by atoms with Gasteiger partial charge in [0.05, 0.1) is 6.54 Å². The molecule has 6 nitrogen and oxygen atoms in total. The van der Waals surface area contributed by atoms with Crippen molar-refractivity contribution in [3.8, 4) is 0 Å². The molecule has 0 unspecified atom stereocenters. The van der Waals surface area contributed by atoms with Crippen molar-refractivity contribution < 1.29 is 4.79 Å². The first kappa shape index (κ1) is 15.3. The molecule has 3 N–H and O–H groups in total. The summed E-state index contributed by atoms with van der Waals surface area (Å²) in [5, 5.41) is 2.90. The molecule has 0 saturated carbocycles. The van der Waals surface area contributed by atoms with Crippen LogP contribution in [0.2, 0.25) is 0 Å². The average Bonchev–Trinajstić information content (AvgIpc) is 2.58. The van der Waals surface area contributed by atoms with Crippen molar-refractivity contribution in [1.29, 1.82) is 0 Å². The number of aromatic nitrogens is 1. The van der Waals surface area contributed by atoms with Crippen molar-refractivity contribution >= 4 is 23.1 Å². The Bertz CT molecular complexity index is 636. The lowest BCUT2D eigenvalue weighted by molar-refractivity contribution is -0.117. The van der Waals surface area contributed by atoms with Gasteiger partial charge >= 0.3 is 0 Å². The topological polar surface area (TPSA) is 74.5 Å². The van der Waals surface area contributed by atoms with Gasteiger partial charge in [0.1, 0.15) is 5.82 Å². The number of carbonyl (C=O) groups is 1. The highest BCUT2D eigenvalue weighted by Crippen LogP contribution is 2.13. The van der Waals surface area contributed by atoms with Gasteiger partial charge in [0.15, 0.2) is 0 Å². The predicted molar refractivity (Wildman–Crippen MR) is 92.4 cm³/mol. The zero-order chi connectivity index (χ0) is 16.1. The predicted octanol–water partition coefficient (Wildman–Crippen LogP) is 1.42. The average molecular weight is 311 g/mol. The van der Waals surface area contributed by atoms with Gasteiger partial charge in [0, 0.05) is 43.8 Å². The fourth-order valence-electron chi connectivity index (χ4n) is 2.65. The second-order valence-corrected chi connectivity index (χ2v) is 5.62. The van der Waals surface area contributed by atoms with Crippen molar-refractivity contribution in [1.82, 2.24) is 9.88 Å². The van der Waals surface area contributed by atoms with Crippen LogP contribution in [0.15, 0.2) is 48.7 Å². The Kier molecular flexibility index (Phi) is 4.73. The first-order chi connectivity index (χ1) is 11.2. The lowest BCUT2D eigenvalue weighted by atomic mass is 10.2. The monoisotopic (exact) mass is 311 g/mol. The van der Waals surface area contributed by atoms with Crippen LogP contribution < -0.4 is 16.0 Å². The number of piperazine rings is 1. The SMILES string of the molecule is Nc1ccc(NC(=O)CN2CCN(c3ccccn3)CC2)cc1. The van der Waals surface area contributed by atoms with Crippen molar-refractivity contribution in [2.45, 2.75) is 0 Å². The first-order valence-corrected chi connectivity index (χ1v) is 7.74. The van der Waals surface area contributed by atoms with Crippen molar-refractivity contribution in [2.75, 3.05) is 48.7 Å². The minimum atomic E-state index is 0.000979. The quantitative estimate of drug-likeness (QED) is 0.836. The molecule has 3 rings (SSSR count). The highest BCUT2D eigenvalue weighted by atomic mass is 16.2. The highest BCUT2D eigenvalue weighted by Gasteiger charge is 2.19.